The Morgan fingerprint density at radius 3 is 2.44 bits per heavy atom. The van der Waals surface area contributed by atoms with Crippen LogP contribution in [0.2, 0.25) is 10.0 Å². The first-order valence-corrected chi connectivity index (χ1v) is 13.9. The number of methoxy groups -OCH3 is 1. The number of aromatic nitrogens is 4. The van der Waals surface area contributed by atoms with Crippen molar-refractivity contribution in [2.75, 3.05) is 32.7 Å². The number of amides is 1. The van der Waals surface area contributed by atoms with Crippen molar-refractivity contribution in [1.82, 2.24) is 24.8 Å². The molecular weight excluding hydrogens is 599 g/mol. The van der Waals surface area contributed by atoms with Gasteiger partial charge < -0.3 is 30.4 Å². The number of carbonyl (C=O) groups excluding carboxylic acids is 2. The van der Waals surface area contributed by atoms with Gasteiger partial charge in [0.05, 0.1) is 18.2 Å². The number of benzene rings is 2. The number of carbonyl (C=O) groups is 2. The molecule has 0 atom stereocenters. The minimum atomic E-state index is -0.383. The third-order valence-corrected chi connectivity index (χ3v) is 7.22. The number of hydrogen-bond donors (Lipinski definition) is 3. The predicted octanol–water partition coefficient (Wildman–Crippen LogP) is 4.34. The van der Waals surface area contributed by atoms with Crippen LogP contribution in [0.5, 0.6) is 17.8 Å². The van der Waals surface area contributed by atoms with Gasteiger partial charge in [-0.1, -0.05) is 61.0 Å². The lowest BCUT2D eigenvalue weighted by Crippen LogP contribution is -2.28. The van der Waals surface area contributed by atoms with E-state index in [0.29, 0.717) is 24.2 Å². The van der Waals surface area contributed by atoms with Crippen LogP contribution < -0.4 is 20.5 Å². The number of fused-ring (bicyclic) bond motifs is 1. The molecule has 1 amide bonds. The Morgan fingerprint density at radius 1 is 1.02 bits per heavy atom. The molecule has 2 heterocycles. The van der Waals surface area contributed by atoms with E-state index in [0.717, 1.165) is 11.1 Å². The van der Waals surface area contributed by atoms with Crippen molar-refractivity contribution in [1.29, 1.82) is 0 Å². The summed E-state index contributed by atoms with van der Waals surface area (Å²) >= 11 is 12.5. The van der Waals surface area contributed by atoms with Gasteiger partial charge in [-0.2, -0.15) is 15.0 Å². The third-order valence-electron chi connectivity index (χ3n) is 6.35. The zero-order valence-corrected chi connectivity index (χ0v) is 25.0. The van der Waals surface area contributed by atoms with Crippen molar-refractivity contribution in [3.05, 3.63) is 75.3 Å². The zero-order valence-electron chi connectivity index (χ0n) is 23.5. The minimum Gasteiger partial charge on any atom is -0.482 e. The number of nitrogens with two attached hydrogens (primary N) is 1. The summed E-state index contributed by atoms with van der Waals surface area (Å²) in [5.41, 5.74) is 8.87. The second-order valence-corrected chi connectivity index (χ2v) is 10.1. The molecule has 0 spiro atoms. The summed E-state index contributed by atoms with van der Waals surface area (Å²) in [6.07, 6.45) is 0.483. The summed E-state index contributed by atoms with van der Waals surface area (Å²) in [5, 5.41) is 13.3. The topological polar surface area (TPSA) is 164 Å². The molecule has 2 aromatic carbocycles. The summed E-state index contributed by atoms with van der Waals surface area (Å²) in [5.74, 6) is -0.416. The van der Waals surface area contributed by atoms with E-state index in [1.54, 1.807) is 7.11 Å². The number of aromatic hydroxyl groups is 1. The van der Waals surface area contributed by atoms with Gasteiger partial charge in [0.2, 0.25) is 0 Å². The molecule has 0 radical (unpaired) electrons. The first-order chi connectivity index (χ1) is 20.6. The second kappa shape index (κ2) is 14.2. The van der Waals surface area contributed by atoms with Crippen LogP contribution >= 0.6 is 23.2 Å². The number of halogens is 2. The lowest BCUT2D eigenvalue weighted by molar-refractivity contribution is -0.123. The number of ether oxygens (including phenoxy) is 3. The van der Waals surface area contributed by atoms with Crippen molar-refractivity contribution in [3.8, 4) is 17.8 Å². The van der Waals surface area contributed by atoms with Gasteiger partial charge in [0.15, 0.2) is 29.4 Å². The molecule has 2 aromatic heterocycles. The van der Waals surface area contributed by atoms with E-state index >= 15 is 0 Å². The van der Waals surface area contributed by atoms with Crippen molar-refractivity contribution >= 4 is 51.9 Å². The quantitative estimate of drug-likeness (QED) is 0.104. The Morgan fingerprint density at radius 2 is 1.74 bits per heavy atom. The van der Waals surface area contributed by atoms with Crippen LogP contribution in [0, 0.1) is 0 Å². The second-order valence-electron chi connectivity index (χ2n) is 9.31. The number of Topliss-reactive ketones (excluding diaryl/α,β-unsaturated/α-hetero) is 1. The first-order valence-electron chi connectivity index (χ1n) is 13.1. The fraction of sp³-hybridized carbons (Fsp3) is 0.276. The molecule has 0 unspecified atom stereocenters. The molecule has 0 aliphatic rings. The molecule has 14 heteroatoms. The van der Waals surface area contributed by atoms with E-state index in [9.17, 15) is 14.7 Å². The van der Waals surface area contributed by atoms with E-state index in [1.165, 1.54) is 16.7 Å². The molecule has 0 aliphatic heterocycles. The summed E-state index contributed by atoms with van der Waals surface area (Å²) in [6.45, 7) is 6.32. The zero-order chi connectivity index (χ0) is 31.1. The highest BCUT2D eigenvalue weighted by Crippen LogP contribution is 2.36. The monoisotopic (exact) mass is 628 g/mol. The fourth-order valence-electron chi connectivity index (χ4n) is 3.93. The van der Waals surface area contributed by atoms with Gasteiger partial charge in [-0.25, -0.2) is 0 Å². The number of nitrogens with one attached hydrogen (secondary N) is 1. The van der Waals surface area contributed by atoms with Gasteiger partial charge in [0, 0.05) is 19.2 Å². The maximum absolute atomic E-state index is 12.4. The Kier molecular flexibility index (Phi) is 10.4. The highest BCUT2D eigenvalue weighted by molar-refractivity contribution is 6.45. The number of imidazole rings is 1. The molecule has 4 aromatic rings. The van der Waals surface area contributed by atoms with Gasteiger partial charge in [0.25, 0.3) is 11.9 Å². The minimum absolute atomic E-state index is 0.0421. The predicted molar refractivity (Wildman–Crippen MR) is 162 cm³/mol. The molecule has 0 fully saturated rings. The summed E-state index contributed by atoms with van der Waals surface area (Å²) < 4.78 is 17.5. The van der Waals surface area contributed by atoms with Gasteiger partial charge in [-0.05, 0) is 35.3 Å². The highest BCUT2D eigenvalue weighted by atomic mass is 35.5. The number of nitrogen functional groups attached to an aromatic ring is 1. The summed E-state index contributed by atoms with van der Waals surface area (Å²) in [4.78, 5) is 37.3. The van der Waals surface area contributed by atoms with Crippen LogP contribution in [-0.2, 0) is 22.6 Å². The Hall–Kier alpha value is -4.39. The van der Waals surface area contributed by atoms with Crippen molar-refractivity contribution in [3.63, 3.8) is 0 Å². The molecule has 0 saturated carbocycles. The highest BCUT2D eigenvalue weighted by Gasteiger charge is 2.19. The number of nitrogens with zero attached hydrogens (tertiary/aromatic N) is 4. The smallest absolute Gasteiger partial charge is 0.320 e. The average Bonchev–Trinajstić information content (AvgIpc) is 3.31. The van der Waals surface area contributed by atoms with Crippen LogP contribution in [0.25, 0.3) is 11.2 Å². The molecule has 0 aliphatic carbocycles. The molecule has 0 bridgehead atoms. The van der Waals surface area contributed by atoms with E-state index in [-0.39, 0.29) is 82.7 Å². The van der Waals surface area contributed by atoms with Crippen LogP contribution in [0.4, 0.5) is 5.82 Å². The Bertz CT molecular complexity index is 1660. The van der Waals surface area contributed by atoms with Gasteiger partial charge in [0.1, 0.15) is 17.4 Å². The fourth-order valence-corrected chi connectivity index (χ4v) is 4.39. The van der Waals surface area contributed by atoms with E-state index in [4.69, 9.17) is 43.1 Å². The van der Waals surface area contributed by atoms with Crippen molar-refractivity contribution < 1.29 is 28.9 Å². The van der Waals surface area contributed by atoms with E-state index in [2.05, 4.69) is 26.8 Å². The SMILES string of the molecule is C=C(CC)C(=O)c1ccc(OCC(=O)NCc2ccc(Cn3c(O)nc4c(N)nc(OCCOC)nc43)cc2)c(Cl)c1Cl. The normalized spacial score (nSPS) is 11.0. The van der Waals surface area contributed by atoms with E-state index < -0.39 is 0 Å². The van der Waals surface area contributed by atoms with Crippen molar-refractivity contribution in [2.45, 2.75) is 26.4 Å². The van der Waals surface area contributed by atoms with Crippen LogP contribution in [0.1, 0.15) is 34.8 Å². The number of hydrogen-bond acceptors (Lipinski definition) is 10. The first kappa shape index (κ1) is 31.5. The maximum atomic E-state index is 12.4. The van der Waals surface area contributed by atoms with Gasteiger partial charge in [-0.15, -0.1) is 0 Å². The van der Waals surface area contributed by atoms with Crippen LogP contribution in [0.3, 0.4) is 0 Å². The lowest BCUT2D eigenvalue weighted by Gasteiger charge is -2.12. The third kappa shape index (κ3) is 7.53. The Labute approximate surface area is 257 Å². The molecule has 4 N–H and O–H groups in total. The lowest BCUT2D eigenvalue weighted by atomic mass is 10.0. The number of anilines is 1. The van der Waals surface area contributed by atoms with Crippen LogP contribution in [0.15, 0.2) is 48.6 Å². The molecule has 0 saturated heterocycles. The molecule has 12 nitrogen and oxygen atoms in total. The number of rotatable bonds is 14. The standard InChI is InChI=1S/C29H30Cl2N6O6/c1-4-16(2)25(39)19-9-10-20(23(31)22(19)30)43-15-21(38)33-13-17-5-7-18(8-6-17)14-37-27-24(34-29(37)40)26(32)35-28(36-27)42-12-11-41-3/h5-10H,2,4,11-15H2,1,3H3,(H,33,38)(H,34,40)(H2,32,35,36). The van der Waals surface area contributed by atoms with E-state index in [1.807, 2.05) is 31.2 Å². The van der Waals surface area contributed by atoms with Crippen molar-refractivity contribution in [2.24, 2.45) is 0 Å². The summed E-state index contributed by atoms with van der Waals surface area (Å²) in [6, 6.07) is 10.1. The molecule has 4 rings (SSSR count). The van der Waals surface area contributed by atoms with Gasteiger partial charge >= 0.3 is 6.01 Å². The maximum Gasteiger partial charge on any atom is 0.320 e. The largest absolute Gasteiger partial charge is 0.482 e. The molecule has 43 heavy (non-hydrogen) atoms. The molecule has 226 valence electrons. The summed E-state index contributed by atoms with van der Waals surface area (Å²) in [7, 11) is 1.55. The molecular formula is C29H30Cl2N6O6. The van der Waals surface area contributed by atoms with Crippen LogP contribution in [-0.4, -0.2) is 63.2 Å². The number of ketones is 1. The van der Waals surface area contributed by atoms with Gasteiger partial charge in [-0.3, -0.25) is 14.2 Å². The number of allylic oxidation sites excluding steroid dienone is 1. The Balaban J connectivity index is 1.34. The average molecular weight is 630 g/mol.